The van der Waals surface area contributed by atoms with Gasteiger partial charge in [0.1, 0.15) is 5.82 Å². The van der Waals surface area contributed by atoms with Gasteiger partial charge in [-0.05, 0) is 19.1 Å². The van der Waals surface area contributed by atoms with E-state index in [1.54, 1.807) is 11.3 Å². The van der Waals surface area contributed by atoms with Gasteiger partial charge in [0.15, 0.2) is 5.01 Å². The first kappa shape index (κ1) is 8.55. The zero-order chi connectivity index (χ0) is 10.3. The molecule has 0 amide bonds. The molecule has 15 heavy (non-hydrogen) atoms. The molecule has 0 saturated heterocycles. The first-order chi connectivity index (χ1) is 7.33. The zero-order valence-corrected chi connectivity index (χ0v) is 8.88. The quantitative estimate of drug-likeness (QED) is 0.679. The predicted octanol–water partition coefficient (Wildman–Crippen LogP) is 2.39. The molecule has 5 heteroatoms. The molecular weight excluding hydrogens is 208 g/mol. The van der Waals surface area contributed by atoms with Crippen molar-refractivity contribution in [2.45, 2.75) is 6.92 Å². The average Bonchev–Trinajstić information content (AvgIpc) is 2.82. The van der Waals surface area contributed by atoms with E-state index in [-0.39, 0.29) is 0 Å². The van der Waals surface area contributed by atoms with Crippen molar-refractivity contribution >= 4 is 21.6 Å². The van der Waals surface area contributed by atoms with E-state index in [1.807, 2.05) is 25.1 Å². The van der Waals surface area contributed by atoms with Gasteiger partial charge in [0.2, 0.25) is 5.82 Å². The molecule has 2 heterocycles. The Labute approximate surface area is 90.0 Å². The van der Waals surface area contributed by atoms with Crippen LogP contribution in [-0.2, 0) is 0 Å². The van der Waals surface area contributed by atoms with Crippen molar-refractivity contribution in [1.29, 1.82) is 0 Å². The fraction of sp³-hybridized carbons (Fsp3) is 0.100. The second kappa shape index (κ2) is 3.13. The molecule has 3 rings (SSSR count). The molecule has 0 atom stereocenters. The molecule has 2 aromatic heterocycles. The highest BCUT2D eigenvalue weighted by molar-refractivity contribution is 7.21. The number of aromatic amines is 1. The minimum absolute atomic E-state index is 0.675. The fourth-order valence-corrected chi connectivity index (χ4v) is 2.31. The van der Waals surface area contributed by atoms with Crippen LogP contribution in [0.3, 0.4) is 0 Å². The number of thiazole rings is 1. The number of nitrogens with zero attached hydrogens (tertiary/aromatic N) is 3. The lowest BCUT2D eigenvalue weighted by atomic mass is 10.3. The van der Waals surface area contributed by atoms with Gasteiger partial charge in [0.05, 0.1) is 10.2 Å². The third kappa shape index (κ3) is 1.41. The molecule has 74 valence electrons. The first-order valence-corrected chi connectivity index (χ1v) is 5.39. The maximum atomic E-state index is 4.47. The normalized spacial score (nSPS) is 11.0. The number of H-pyrrole nitrogens is 1. The Morgan fingerprint density at radius 3 is 2.80 bits per heavy atom. The van der Waals surface area contributed by atoms with Crippen LogP contribution in [0.15, 0.2) is 24.3 Å². The van der Waals surface area contributed by atoms with Crippen LogP contribution in [0, 0.1) is 6.92 Å². The molecule has 1 aromatic carbocycles. The van der Waals surface area contributed by atoms with Crippen molar-refractivity contribution in [3.63, 3.8) is 0 Å². The lowest BCUT2D eigenvalue weighted by Crippen LogP contribution is -1.77. The van der Waals surface area contributed by atoms with Crippen LogP contribution in [0.1, 0.15) is 5.82 Å². The summed E-state index contributed by atoms with van der Waals surface area (Å²) in [5.74, 6) is 1.48. The van der Waals surface area contributed by atoms with Gasteiger partial charge in [-0.25, -0.2) is 9.97 Å². The van der Waals surface area contributed by atoms with Gasteiger partial charge in [0, 0.05) is 0 Å². The Morgan fingerprint density at radius 1 is 1.20 bits per heavy atom. The van der Waals surface area contributed by atoms with E-state index in [4.69, 9.17) is 0 Å². The molecule has 0 unspecified atom stereocenters. The van der Waals surface area contributed by atoms with Crippen LogP contribution < -0.4 is 0 Å². The highest BCUT2D eigenvalue weighted by Crippen LogP contribution is 2.27. The van der Waals surface area contributed by atoms with Gasteiger partial charge in [-0.15, -0.1) is 11.3 Å². The number of para-hydroxylation sites is 1. The zero-order valence-electron chi connectivity index (χ0n) is 8.06. The largest absolute Gasteiger partial charge is 0.263 e. The number of benzene rings is 1. The van der Waals surface area contributed by atoms with E-state index in [2.05, 4.69) is 26.2 Å². The van der Waals surface area contributed by atoms with Gasteiger partial charge >= 0.3 is 0 Å². The SMILES string of the molecule is Cc1nc(-c2nc3ccccc3s2)n[nH]1. The molecule has 0 spiro atoms. The van der Waals surface area contributed by atoms with E-state index in [1.165, 1.54) is 0 Å². The van der Waals surface area contributed by atoms with Crippen molar-refractivity contribution in [3.05, 3.63) is 30.1 Å². The number of aryl methyl sites for hydroxylation is 1. The second-order valence-corrected chi connectivity index (χ2v) is 4.26. The molecule has 1 N–H and O–H groups in total. The molecule has 0 fully saturated rings. The summed E-state index contributed by atoms with van der Waals surface area (Å²) in [7, 11) is 0. The average molecular weight is 216 g/mol. The van der Waals surface area contributed by atoms with Crippen molar-refractivity contribution in [1.82, 2.24) is 20.2 Å². The van der Waals surface area contributed by atoms with E-state index in [0.717, 1.165) is 21.0 Å². The summed E-state index contributed by atoms with van der Waals surface area (Å²) in [4.78, 5) is 8.73. The van der Waals surface area contributed by atoms with Crippen LogP contribution in [0.2, 0.25) is 0 Å². The number of hydrogen-bond acceptors (Lipinski definition) is 4. The third-order valence-corrected chi connectivity index (χ3v) is 3.11. The molecule has 0 bridgehead atoms. The Bertz CT molecular complexity index is 577. The lowest BCUT2D eigenvalue weighted by molar-refractivity contribution is 1.04. The minimum Gasteiger partial charge on any atom is -0.263 e. The van der Waals surface area contributed by atoms with Crippen LogP contribution in [0.25, 0.3) is 21.0 Å². The van der Waals surface area contributed by atoms with Crippen LogP contribution in [0.4, 0.5) is 0 Å². The van der Waals surface area contributed by atoms with Crippen LogP contribution >= 0.6 is 11.3 Å². The Hall–Kier alpha value is -1.75. The highest BCUT2D eigenvalue weighted by atomic mass is 32.1. The molecule has 0 aliphatic carbocycles. The predicted molar refractivity (Wildman–Crippen MR) is 59.7 cm³/mol. The Morgan fingerprint density at radius 2 is 2.07 bits per heavy atom. The van der Waals surface area contributed by atoms with Gasteiger partial charge in [0.25, 0.3) is 0 Å². The fourth-order valence-electron chi connectivity index (χ4n) is 1.41. The first-order valence-electron chi connectivity index (χ1n) is 4.58. The van der Waals surface area contributed by atoms with E-state index in [9.17, 15) is 0 Å². The van der Waals surface area contributed by atoms with E-state index >= 15 is 0 Å². The van der Waals surface area contributed by atoms with Gasteiger partial charge in [-0.1, -0.05) is 12.1 Å². The molecule has 0 radical (unpaired) electrons. The monoisotopic (exact) mass is 216 g/mol. The van der Waals surface area contributed by atoms with Crippen molar-refractivity contribution in [2.75, 3.05) is 0 Å². The molecule has 0 aliphatic rings. The maximum absolute atomic E-state index is 4.47. The Balaban J connectivity index is 2.19. The summed E-state index contributed by atoms with van der Waals surface area (Å²) in [6.07, 6.45) is 0. The number of aromatic nitrogens is 4. The number of fused-ring (bicyclic) bond motifs is 1. The summed E-state index contributed by atoms with van der Waals surface area (Å²) >= 11 is 1.61. The molecule has 3 aromatic rings. The lowest BCUT2D eigenvalue weighted by Gasteiger charge is -1.81. The highest BCUT2D eigenvalue weighted by Gasteiger charge is 2.09. The van der Waals surface area contributed by atoms with Crippen molar-refractivity contribution in [2.24, 2.45) is 0 Å². The summed E-state index contributed by atoms with van der Waals surface area (Å²) in [5.41, 5.74) is 1.000. The summed E-state index contributed by atoms with van der Waals surface area (Å²) in [5, 5.41) is 7.77. The second-order valence-electron chi connectivity index (χ2n) is 3.23. The van der Waals surface area contributed by atoms with E-state index in [0.29, 0.717) is 5.82 Å². The summed E-state index contributed by atoms with van der Waals surface area (Å²) in [6, 6.07) is 8.04. The molecular formula is C10H8N4S. The molecule has 0 saturated carbocycles. The van der Waals surface area contributed by atoms with Crippen molar-refractivity contribution < 1.29 is 0 Å². The maximum Gasteiger partial charge on any atom is 0.210 e. The number of hydrogen-bond donors (Lipinski definition) is 1. The van der Waals surface area contributed by atoms with Gasteiger partial charge in [-0.3, -0.25) is 5.10 Å². The standard InChI is InChI=1S/C10H8N4S/c1-6-11-9(14-13-6)10-12-7-4-2-3-5-8(7)15-10/h2-5H,1H3,(H,11,13,14). The van der Waals surface area contributed by atoms with Gasteiger partial charge < -0.3 is 0 Å². The van der Waals surface area contributed by atoms with Crippen molar-refractivity contribution in [3.8, 4) is 10.8 Å². The van der Waals surface area contributed by atoms with E-state index < -0.39 is 0 Å². The number of nitrogens with one attached hydrogen (secondary N) is 1. The Kier molecular flexibility index (Phi) is 1.78. The molecule has 0 aliphatic heterocycles. The summed E-state index contributed by atoms with van der Waals surface area (Å²) < 4.78 is 1.16. The van der Waals surface area contributed by atoms with Crippen LogP contribution in [0.5, 0.6) is 0 Å². The number of rotatable bonds is 1. The van der Waals surface area contributed by atoms with Gasteiger partial charge in [-0.2, -0.15) is 5.10 Å². The molecule has 4 nitrogen and oxygen atoms in total. The summed E-state index contributed by atoms with van der Waals surface area (Å²) in [6.45, 7) is 1.88. The smallest absolute Gasteiger partial charge is 0.210 e. The van der Waals surface area contributed by atoms with Crippen LogP contribution in [-0.4, -0.2) is 20.2 Å². The topological polar surface area (TPSA) is 54.5 Å². The third-order valence-electron chi connectivity index (χ3n) is 2.08. The minimum atomic E-state index is 0.675.